The fourth-order valence-electron chi connectivity index (χ4n) is 3.51. The Labute approximate surface area is 194 Å². The van der Waals surface area contributed by atoms with Crippen molar-refractivity contribution in [2.75, 3.05) is 6.61 Å². The Morgan fingerprint density at radius 1 is 1.12 bits per heavy atom. The predicted octanol–water partition coefficient (Wildman–Crippen LogP) is 1.75. The van der Waals surface area contributed by atoms with Gasteiger partial charge in [0, 0.05) is 5.38 Å². The number of amides is 3. The number of oxazole rings is 1. The molecule has 6 bridgehead atoms. The number of rotatable bonds is 2. The van der Waals surface area contributed by atoms with Crippen molar-refractivity contribution in [3.63, 3.8) is 0 Å². The van der Waals surface area contributed by atoms with Crippen molar-refractivity contribution < 1.29 is 23.5 Å². The Balaban J connectivity index is 1.70. The van der Waals surface area contributed by atoms with E-state index in [-0.39, 0.29) is 41.6 Å². The lowest BCUT2D eigenvalue weighted by molar-refractivity contribution is -0.123. The third-order valence-electron chi connectivity index (χ3n) is 5.44. The molecule has 4 rings (SSSR count). The van der Waals surface area contributed by atoms with E-state index in [0.717, 1.165) is 0 Å². The number of carbonyl (C=O) groups is 3. The topological polar surface area (TPSA) is 148 Å². The molecule has 0 spiro atoms. The van der Waals surface area contributed by atoms with Crippen LogP contribution in [0.5, 0.6) is 0 Å². The molecule has 0 saturated heterocycles. The summed E-state index contributed by atoms with van der Waals surface area (Å²) in [7, 11) is 0. The van der Waals surface area contributed by atoms with Crippen LogP contribution in [0.3, 0.4) is 0 Å². The smallest absolute Gasteiger partial charge is 0.273 e. The minimum Gasteiger partial charge on any atom is -0.477 e. The van der Waals surface area contributed by atoms with Crippen LogP contribution in [-0.2, 0) is 9.53 Å². The van der Waals surface area contributed by atoms with Gasteiger partial charge in [0.2, 0.25) is 17.7 Å². The van der Waals surface area contributed by atoms with Crippen LogP contribution in [0, 0.1) is 5.92 Å². The zero-order valence-electron chi connectivity index (χ0n) is 18.7. The van der Waals surface area contributed by atoms with Crippen molar-refractivity contribution in [3.05, 3.63) is 33.9 Å². The van der Waals surface area contributed by atoms with Crippen LogP contribution in [0.2, 0.25) is 0 Å². The summed E-state index contributed by atoms with van der Waals surface area (Å²) in [5.74, 6) is -0.668. The van der Waals surface area contributed by atoms with Crippen molar-refractivity contribution in [1.29, 1.82) is 0 Å². The SMILES string of the molecule is CC[C@H]1NC(=O)c2csc(n2)[C@@H](C(C)C)NC(=O)c2coc(n2)[C@H](C)NC(=O)[C@H]2COC1=N2. The van der Waals surface area contributed by atoms with Crippen molar-refractivity contribution >= 4 is 35.0 Å². The molecule has 11 nitrogen and oxygen atoms in total. The van der Waals surface area contributed by atoms with E-state index in [4.69, 9.17) is 9.15 Å². The second-order valence-corrected chi connectivity index (χ2v) is 9.19. The quantitative estimate of drug-likeness (QED) is 0.601. The van der Waals surface area contributed by atoms with Crippen molar-refractivity contribution in [2.24, 2.45) is 10.9 Å². The molecule has 2 aliphatic heterocycles. The minimum absolute atomic E-state index is 0.00718. The molecule has 2 aliphatic rings. The summed E-state index contributed by atoms with van der Waals surface area (Å²) in [6.07, 6.45) is 1.77. The normalized spacial score (nSPS) is 26.0. The van der Waals surface area contributed by atoms with E-state index in [2.05, 4.69) is 30.9 Å². The van der Waals surface area contributed by atoms with E-state index in [1.807, 2.05) is 20.8 Å². The average molecular weight is 475 g/mol. The lowest BCUT2D eigenvalue weighted by atomic mass is 10.1. The zero-order valence-corrected chi connectivity index (χ0v) is 19.6. The lowest BCUT2D eigenvalue weighted by Gasteiger charge is -2.19. The predicted molar refractivity (Wildman–Crippen MR) is 119 cm³/mol. The summed E-state index contributed by atoms with van der Waals surface area (Å²) < 4.78 is 11.1. The number of hydrogen-bond acceptors (Lipinski definition) is 9. The first kappa shape index (κ1) is 22.9. The Kier molecular flexibility index (Phi) is 6.45. The zero-order chi connectivity index (χ0) is 23.7. The Morgan fingerprint density at radius 3 is 2.61 bits per heavy atom. The maximum Gasteiger partial charge on any atom is 0.273 e. The summed E-state index contributed by atoms with van der Waals surface area (Å²) in [5, 5.41) is 10.8. The number of carbonyl (C=O) groups excluding carboxylic acids is 3. The van der Waals surface area contributed by atoms with Gasteiger partial charge in [-0.2, -0.15) is 0 Å². The van der Waals surface area contributed by atoms with Gasteiger partial charge in [-0.3, -0.25) is 14.4 Å². The van der Waals surface area contributed by atoms with E-state index in [0.29, 0.717) is 17.3 Å². The second kappa shape index (κ2) is 9.30. The maximum absolute atomic E-state index is 12.8. The number of fused-ring (bicyclic) bond motifs is 5. The highest BCUT2D eigenvalue weighted by Crippen LogP contribution is 2.26. The molecule has 33 heavy (non-hydrogen) atoms. The lowest BCUT2D eigenvalue weighted by Crippen LogP contribution is -2.40. The second-order valence-electron chi connectivity index (χ2n) is 8.30. The summed E-state index contributed by atoms with van der Waals surface area (Å²) in [4.78, 5) is 51.4. The number of nitrogens with one attached hydrogen (secondary N) is 3. The Hall–Kier alpha value is -3.28. The van der Waals surface area contributed by atoms with E-state index in [1.165, 1.54) is 17.6 Å². The fourth-order valence-corrected chi connectivity index (χ4v) is 4.53. The highest BCUT2D eigenvalue weighted by molar-refractivity contribution is 7.09. The van der Waals surface area contributed by atoms with E-state index < -0.39 is 30.1 Å². The molecule has 0 unspecified atom stereocenters. The minimum atomic E-state index is -0.761. The van der Waals surface area contributed by atoms with Crippen LogP contribution < -0.4 is 16.0 Å². The van der Waals surface area contributed by atoms with Gasteiger partial charge in [0.15, 0.2) is 11.7 Å². The monoisotopic (exact) mass is 474 g/mol. The summed E-state index contributed by atoms with van der Waals surface area (Å²) in [6, 6.07) is -2.26. The average Bonchev–Trinajstić information content (AvgIpc) is 3.54. The van der Waals surface area contributed by atoms with E-state index in [1.54, 1.807) is 12.3 Å². The van der Waals surface area contributed by atoms with E-state index in [9.17, 15) is 14.4 Å². The molecule has 0 radical (unpaired) electrons. The molecular formula is C21H26N6O5S. The number of nitrogens with zero attached hydrogens (tertiary/aromatic N) is 3. The van der Waals surface area contributed by atoms with Crippen LogP contribution >= 0.6 is 11.3 Å². The summed E-state index contributed by atoms with van der Waals surface area (Å²) in [5.41, 5.74) is 0.322. The van der Waals surface area contributed by atoms with Crippen molar-refractivity contribution in [3.8, 4) is 0 Å². The highest BCUT2D eigenvalue weighted by atomic mass is 32.1. The molecule has 4 atom stereocenters. The van der Waals surface area contributed by atoms with Gasteiger partial charge in [0.1, 0.15) is 35.7 Å². The molecule has 12 heteroatoms. The van der Waals surface area contributed by atoms with Crippen LogP contribution in [0.15, 0.2) is 21.1 Å². The van der Waals surface area contributed by atoms with Gasteiger partial charge < -0.3 is 25.1 Å². The van der Waals surface area contributed by atoms with Gasteiger partial charge in [-0.25, -0.2) is 15.0 Å². The summed E-state index contributed by atoms with van der Waals surface area (Å²) >= 11 is 1.29. The van der Waals surface area contributed by atoms with Gasteiger partial charge >= 0.3 is 0 Å². The maximum atomic E-state index is 12.8. The van der Waals surface area contributed by atoms with E-state index >= 15 is 0 Å². The molecule has 0 saturated carbocycles. The molecule has 0 aromatic carbocycles. The largest absolute Gasteiger partial charge is 0.477 e. The molecule has 2 aromatic heterocycles. The number of hydrogen-bond donors (Lipinski definition) is 3. The first-order chi connectivity index (χ1) is 15.8. The first-order valence-electron chi connectivity index (χ1n) is 10.8. The van der Waals surface area contributed by atoms with Crippen LogP contribution in [0.4, 0.5) is 0 Å². The molecular weight excluding hydrogens is 448 g/mol. The van der Waals surface area contributed by atoms with Gasteiger partial charge in [-0.1, -0.05) is 20.8 Å². The van der Waals surface area contributed by atoms with Gasteiger partial charge in [-0.05, 0) is 19.3 Å². The fraction of sp³-hybridized carbons (Fsp3) is 0.524. The Bertz CT molecular complexity index is 1090. The molecule has 2 aromatic rings. The molecule has 3 amide bonds. The Morgan fingerprint density at radius 2 is 1.88 bits per heavy atom. The molecule has 4 heterocycles. The van der Waals surface area contributed by atoms with Crippen LogP contribution in [0.1, 0.15) is 78.1 Å². The van der Waals surface area contributed by atoms with Gasteiger partial charge in [0.05, 0.1) is 6.04 Å². The van der Waals surface area contributed by atoms with Gasteiger partial charge in [0.25, 0.3) is 11.8 Å². The van der Waals surface area contributed by atoms with Gasteiger partial charge in [-0.15, -0.1) is 11.3 Å². The third-order valence-corrected chi connectivity index (χ3v) is 6.37. The third kappa shape index (κ3) is 4.75. The number of thiazole rings is 1. The van der Waals surface area contributed by atoms with Crippen molar-refractivity contribution in [1.82, 2.24) is 25.9 Å². The highest BCUT2D eigenvalue weighted by Gasteiger charge is 2.33. The standard InChI is InChI=1S/C21H26N6O5S/c1-5-11-20-25-12(7-32-20)16(28)22-10(4)19-24-13(6-31-19)17(29)27-15(9(2)3)21-26-14(8-33-21)18(30)23-11/h6,8-12,15H,5,7H2,1-4H3,(H,22,28)(H,23,30)(H,27,29)/t10-,11+,12+,15+/m0/s1. The summed E-state index contributed by atoms with van der Waals surface area (Å²) in [6.45, 7) is 7.55. The number of aliphatic imine (C=N–C) groups is 1. The van der Waals surface area contributed by atoms with Crippen molar-refractivity contribution in [2.45, 2.75) is 58.3 Å². The molecule has 176 valence electrons. The molecule has 3 N–H and O–H groups in total. The first-order valence-corrected chi connectivity index (χ1v) is 11.7. The number of aromatic nitrogens is 2. The van der Waals surface area contributed by atoms with Crippen LogP contribution in [-0.4, -0.2) is 52.3 Å². The molecule has 0 fully saturated rings. The number of ether oxygens (including phenoxy) is 1. The van der Waals surface area contributed by atoms with Crippen LogP contribution in [0.25, 0.3) is 0 Å². The molecule has 0 aliphatic carbocycles.